The van der Waals surface area contributed by atoms with Crippen molar-refractivity contribution in [3.63, 3.8) is 0 Å². The van der Waals surface area contributed by atoms with Gasteiger partial charge in [-0.2, -0.15) is 0 Å². The molecule has 0 fully saturated rings. The average molecular weight is 274 g/mol. The van der Waals surface area contributed by atoms with E-state index in [1.807, 2.05) is 19.1 Å². The molecule has 0 aliphatic carbocycles. The lowest BCUT2D eigenvalue weighted by Gasteiger charge is -2.17. The summed E-state index contributed by atoms with van der Waals surface area (Å²) < 4.78 is 18.3. The van der Waals surface area contributed by atoms with Crippen LogP contribution >= 0.6 is 0 Å². The van der Waals surface area contributed by atoms with Crippen LogP contribution in [-0.4, -0.2) is 18.8 Å². The zero-order valence-electron chi connectivity index (χ0n) is 11.8. The number of hydrogen-bond acceptors (Lipinski definition) is 2. The van der Waals surface area contributed by atoms with Crippen molar-refractivity contribution in [3.8, 4) is 5.75 Å². The molecule has 0 aliphatic rings. The number of rotatable bonds is 5. The van der Waals surface area contributed by atoms with Gasteiger partial charge in [-0.3, -0.25) is 0 Å². The molecule has 0 radical (unpaired) electrons. The van der Waals surface area contributed by atoms with Gasteiger partial charge in [-0.05, 0) is 42.7 Å². The minimum Gasteiger partial charge on any atom is -0.496 e. The molecule has 2 nitrogen and oxygen atoms in total. The van der Waals surface area contributed by atoms with Gasteiger partial charge in [-0.25, -0.2) is 4.39 Å². The first-order valence-corrected chi connectivity index (χ1v) is 6.64. The summed E-state index contributed by atoms with van der Waals surface area (Å²) in [6.07, 6.45) is 0.660. The van der Waals surface area contributed by atoms with Crippen molar-refractivity contribution >= 4 is 0 Å². The van der Waals surface area contributed by atoms with Gasteiger partial charge in [0.25, 0.3) is 0 Å². The van der Waals surface area contributed by atoms with Crippen LogP contribution in [0.2, 0.25) is 0 Å². The molecule has 0 aromatic heterocycles. The van der Waals surface area contributed by atoms with E-state index in [4.69, 9.17) is 4.74 Å². The molecule has 3 heteroatoms. The van der Waals surface area contributed by atoms with Gasteiger partial charge in [0.2, 0.25) is 0 Å². The summed E-state index contributed by atoms with van der Waals surface area (Å²) >= 11 is 0. The number of benzene rings is 2. The summed E-state index contributed by atoms with van der Waals surface area (Å²) in [6, 6.07) is 12.3. The number of aliphatic hydroxyl groups is 1. The number of ether oxygens (including phenoxy) is 1. The summed E-state index contributed by atoms with van der Waals surface area (Å²) in [7, 11) is 1.64. The van der Waals surface area contributed by atoms with E-state index in [-0.39, 0.29) is 18.3 Å². The van der Waals surface area contributed by atoms with E-state index in [0.717, 1.165) is 22.4 Å². The monoisotopic (exact) mass is 274 g/mol. The summed E-state index contributed by atoms with van der Waals surface area (Å²) in [5.41, 5.74) is 3.13. The highest BCUT2D eigenvalue weighted by molar-refractivity contribution is 5.38. The van der Waals surface area contributed by atoms with Gasteiger partial charge in [0, 0.05) is 5.92 Å². The van der Waals surface area contributed by atoms with Crippen LogP contribution in [0.3, 0.4) is 0 Å². The quantitative estimate of drug-likeness (QED) is 0.904. The molecule has 0 bridgehead atoms. The molecule has 106 valence electrons. The van der Waals surface area contributed by atoms with Crippen LogP contribution in [0, 0.1) is 12.7 Å². The highest BCUT2D eigenvalue weighted by Gasteiger charge is 2.14. The summed E-state index contributed by atoms with van der Waals surface area (Å²) in [6.45, 7) is 2.04. The van der Waals surface area contributed by atoms with E-state index in [9.17, 15) is 9.50 Å². The largest absolute Gasteiger partial charge is 0.496 e. The third-order valence-electron chi connectivity index (χ3n) is 3.46. The van der Waals surface area contributed by atoms with Crippen LogP contribution in [0.1, 0.15) is 22.6 Å². The Bertz CT molecular complexity index is 564. The van der Waals surface area contributed by atoms with Crippen molar-refractivity contribution in [2.45, 2.75) is 19.3 Å². The Morgan fingerprint density at radius 1 is 1.15 bits per heavy atom. The summed E-state index contributed by atoms with van der Waals surface area (Å²) in [5, 5.41) is 9.61. The molecule has 0 saturated heterocycles. The Hall–Kier alpha value is -1.87. The third kappa shape index (κ3) is 3.36. The first-order valence-electron chi connectivity index (χ1n) is 6.64. The molecule has 0 saturated carbocycles. The summed E-state index contributed by atoms with van der Waals surface area (Å²) in [4.78, 5) is 0. The molecule has 0 spiro atoms. The second-order valence-corrected chi connectivity index (χ2v) is 4.95. The average Bonchev–Trinajstić information content (AvgIpc) is 2.46. The van der Waals surface area contributed by atoms with E-state index in [0.29, 0.717) is 6.42 Å². The minimum absolute atomic E-state index is 0.0166. The van der Waals surface area contributed by atoms with Crippen molar-refractivity contribution in [3.05, 3.63) is 65.0 Å². The maximum absolute atomic E-state index is 13.0. The first-order chi connectivity index (χ1) is 9.63. The fraction of sp³-hybridized carbons (Fsp3) is 0.294. The number of aryl methyl sites for hydroxylation is 1. The third-order valence-corrected chi connectivity index (χ3v) is 3.46. The van der Waals surface area contributed by atoms with E-state index >= 15 is 0 Å². The van der Waals surface area contributed by atoms with Crippen LogP contribution in [0.15, 0.2) is 42.5 Å². The normalized spacial score (nSPS) is 12.2. The lowest BCUT2D eigenvalue weighted by Crippen LogP contribution is -2.09. The van der Waals surface area contributed by atoms with Gasteiger partial charge in [0.15, 0.2) is 0 Å². The van der Waals surface area contributed by atoms with Gasteiger partial charge < -0.3 is 9.84 Å². The van der Waals surface area contributed by atoms with Crippen LogP contribution in [0.5, 0.6) is 5.75 Å². The molecular formula is C17H19FO2. The number of hydrogen-bond donors (Lipinski definition) is 1. The maximum atomic E-state index is 13.0. The Kier molecular flexibility index (Phi) is 4.74. The zero-order valence-corrected chi connectivity index (χ0v) is 11.8. The lowest BCUT2D eigenvalue weighted by molar-refractivity contribution is 0.263. The molecule has 2 rings (SSSR count). The Morgan fingerprint density at radius 2 is 1.85 bits per heavy atom. The van der Waals surface area contributed by atoms with Crippen molar-refractivity contribution < 1.29 is 14.2 Å². The lowest BCUT2D eigenvalue weighted by atomic mass is 9.91. The van der Waals surface area contributed by atoms with Gasteiger partial charge in [-0.15, -0.1) is 0 Å². The highest BCUT2D eigenvalue weighted by atomic mass is 19.1. The van der Waals surface area contributed by atoms with Crippen LogP contribution in [-0.2, 0) is 6.42 Å². The zero-order chi connectivity index (χ0) is 14.5. The second-order valence-electron chi connectivity index (χ2n) is 4.95. The van der Waals surface area contributed by atoms with Gasteiger partial charge in [0.1, 0.15) is 11.6 Å². The van der Waals surface area contributed by atoms with Crippen molar-refractivity contribution in [1.82, 2.24) is 0 Å². The van der Waals surface area contributed by atoms with Gasteiger partial charge >= 0.3 is 0 Å². The topological polar surface area (TPSA) is 29.5 Å². The Labute approximate surface area is 118 Å². The van der Waals surface area contributed by atoms with E-state index < -0.39 is 0 Å². The van der Waals surface area contributed by atoms with Crippen molar-refractivity contribution in [2.75, 3.05) is 13.7 Å². The van der Waals surface area contributed by atoms with Crippen LogP contribution in [0.4, 0.5) is 4.39 Å². The van der Waals surface area contributed by atoms with Crippen LogP contribution in [0.25, 0.3) is 0 Å². The summed E-state index contributed by atoms with van der Waals surface area (Å²) in [5.74, 6) is 0.487. The fourth-order valence-electron chi connectivity index (χ4n) is 2.36. The molecule has 0 heterocycles. The Balaban J connectivity index is 2.26. The molecule has 0 amide bonds. The SMILES string of the molecule is COc1ccc(C)cc1CC(CO)c1ccc(F)cc1. The number of aliphatic hydroxyl groups excluding tert-OH is 1. The first kappa shape index (κ1) is 14.5. The number of methoxy groups -OCH3 is 1. The Morgan fingerprint density at radius 3 is 2.45 bits per heavy atom. The minimum atomic E-state index is -0.265. The molecule has 1 unspecified atom stereocenters. The molecule has 1 atom stereocenters. The molecule has 1 N–H and O–H groups in total. The van der Waals surface area contributed by atoms with E-state index in [1.165, 1.54) is 12.1 Å². The molecule has 2 aromatic carbocycles. The highest BCUT2D eigenvalue weighted by Crippen LogP contribution is 2.27. The molecular weight excluding hydrogens is 255 g/mol. The smallest absolute Gasteiger partial charge is 0.123 e. The van der Waals surface area contributed by atoms with Crippen molar-refractivity contribution in [1.29, 1.82) is 0 Å². The molecule has 2 aromatic rings. The van der Waals surface area contributed by atoms with Crippen LogP contribution < -0.4 is 4.74 Å². The van der Waals surface area contributed by atoms with Gasteiger partial charge in [0.05, 0.1) is 13.7 Å². The van der Waals surface area contributed by atoms with Crippen molar-refractivity contribution in [2.24, 2.45) is 0 Å². The second kappa shape index (κ2) is 6.53. The van der Waals surface area contributed by atoms with Gasteiger partial charge in [-0.1, -0.05) is 29.8 Å². The molecule has 0 aliphatic heterocycles. The number of halogens is 1. The fourth-order valence-corrected chi connectivity index (χ4v) is 2.36. The predicted molar refractivity (Wildman–Crippen MR) is 77.7 cm³/mol. The van der Waals surface area contributed by atoms with E-state index in [1.54, 1.807) is 19.2 Å². The molecule has 20 heavy (non-hydrogen) atoms. The predicted octanol–water partition coefficient (Wildman–Crippen LogP) is 3.46. The maximum Gasteiger partial charge on any atom is 0.123 e. The van der Waals surface area contributed by atoms with E-state index in [2.05, 4.69) is 6.07 Å². The standard InChI is InChI=1S/C17H19FO2/c1-12-3-8-17(20-2)14(9-12)10-15(11-19)13-4-6-16(18)7-5-13/h3-9,15,19H,10-11H2,1-2H3.